The van der Waals surface area contributed by atoms with Crippen molar-refractivity contribution in [3.8, 4) is 0 Å². The molecule has 2 aromatic heterocycles. The van der Waals surface area contributed by atoms with Crippen LogP contribution in [0.5, 0.6) is 0 Å². The Morgan fingerprint density at radius 3 is 2.89 bits per heavy atom. The molecule has 0 unspecified atom stereocenters. The van der Waals surface area contributed by atoms with Crippen molar-refractivity contribution >= 4 is 17.2 Å². The topological polar surface area (TPSA) is 51.5 Å². The van der Waals surface area contributed by atoms with Crippen LogP contribution in [0, 0.1) is 0 Å². The van der Waals surface area contributed by atoms with E-state index in [0.29, 0.717) is 12.2 Å². The van der Waals surface area contributed by atoms with Gasteiger partial charge in [0.1, 0.15) is 17.6 Å². The van der Waals surface area contributed by atoms with Gasteiger partial charge < -0.3 is 14.5 Å². The molecular formula is C14H17NO3S. The third kappa shape index (κ3) is 3.45. The van der Waals surface area contributed by atoms with Gasteiger partial charge >= 0.3 is 0 Å². The second-order valence-electron chi connectivity index (χ2n) is 4.15. The summed E-state index contributed by atoms with van der Waals surface area (Å²) in [5.41, 5.74) is 0.661. The minimum absolute atomic E-state index is 0.113. The SMILES string of the molecule is CCc1ccc([C@@H](COC)NC(=O)c2ccsc2)o1. The first kappa shape index (κ1) is 13.8. The second-order valence-corrected chi connectivity index (χ2v) is 4.93. The van der Waals surface area contributed by atoms with E-state index in [2.05, 4.69) is 5.32 Å². The third-order valence-electron chi connectivity index (χ3n) is 2.80. The van der Waals surface area contributed by atoms with Crippen LogP contribution in [-0.4, -0.2) is 19.6 Å². The van der Waals surface area contributed by atoms with Gasteiger partial charge in [-0.15, -0.1) is 0 Å². The maximum absolute atomic E-state index is 12.0. The van der Waals surface area contributed by atoms with Crippen LogP contribution in [0.4, 0.5) is 0 Å². The van der Waals surface area contributed by atoms with Gasteiger partial charge in [-0.3, -0.25) is 4.79 Å². The van der Waals surface area contributed by atoms with E-state index in [4.69, 9.17) is 9.15 Å². The van der Waals surface area contributed by atoms with Crippen LogP contribution < -0.4 is 5.32 Å². The van der Waals surface area contributed by atoms with Crippen LogP contribution in [0.15, 0.2) is 33.4 Å². The molecule has 5 heteroatoms. The summed E-state index contributed by atoms with van der Waals surface area (Å²) in [5.74, 6) is 1.51. The number of nitrogens with one attached hydrogen (secondary N) is 1. The molecule has 0 spiro atoms. The fourth-order valence-corrected chi connectivity index (χ4v) is 2.40. The zero-order valence-electron chi connectivity index (χ0n) is 11.0. The molecule has 1 N–H and O–H groups in total. The number of thiophene rings is 1. The number of methoxy groups -OCH3 is 1. The Kier molecular flexibility index (Phi) is 4.76. The summed E-state index contributed by atoms with van der Waals surface area (Å²) >= 11 is 1.50. The average molecular weight is 279 g/mol. The van der Waals surface area contributed by atoms with E-state index in [1.165, 1.54) is 11.3 Å². The molecule has 19 heavy (non-hydrogen) atoms. The number of rotatable bonds is 6. The normalized spacial score (nSPS) is 12.3. The van der Waals surface area contributed by atoms with E-state index in [0.717, 1.165) is 17.9 Å². The molecule has 2 rings (SSSR count). The number of hydrogen-bond acceptors (Lipinski definition) is 4. The van der Waals surface area contributed by atoms with E-state index in [1.54, 1.807) is 13.2 Å². The van der Waals surface area contributed by atoms with Crippen molar-refractivity contribution in [1.82, 2.24) is 5.32 Å². The zero-order chi connectivity index (χ0) is 13.7. The molecule has 0 aliphatic rings. The summed E-state index contributed by atoms with van der Waals surface area (Å²) in [6, 6.07) is 5.34. The molecular weight excluding hydrogens is 262 g/mol. The molecule has 1 atom stereocenters. The van der Waals surface area contributed by atoms with E-state index in [1.807, 2.05) is 29.8 Å². The lowest BCUT2D eigenvalue weighted by Crippen LogP contribution is -2.30. The number of ether oxygens (including phenoxy) is 1. The van der Waals surface area contributed by atoms with Crippen LogP contribution in [-0.2, 0) is 11.2 Å². The highest BCUT2D eigenvalue weighted by molar-refractivity contribution is 7.08. The molecule has 0 radical (unpaired) electrons. The van der Waals surface area contributed by atoms with Gasteiger partial charge in [-0.1, -0.05) is 6.92 Å². The van der Waals surface area contributed by atoms with Gasteiger partial charge in [0.05, 0.1) is 12.2 Å². The number of hydrogen-bond donors (Lipinski definition) is 1. The fraction of sp³-hybridized carbons (Fsp3) is 0.357. The first-order chi connectivity index (χ1) is 9.24. The van der Waals surface area contributed by atoms with E-state index in [-0.39, 0.29) is 11.9 Å². The largest absolute Gasteiger partial charge is 0.464 e. The van der Waals surface area contributed by atoms with Crippen molar-refractivity contribution in [1.29, 1.82) is 0 Å². The highest BCUT2D eigenvalue weighted by Crippen LogP contribution is 2.18. The Balaban J connectivity index is 2.09. The van der Waals surface area contributed by atoms with Gasteiger partial charge in [-0.25, -0.2) is 0 Å². The Morgan fingerprint density at radius 2 is 2.32 bits per heavy atom. The van der Waals surface area contributed by atoms with Crippen molar-refractivity contribution in [2.75, 3.05) is 13.7 Å². The lowest BCUT2D eigenvalue weighted by molar-refractivity contribution is 0.0882. The number of carbonyl (C=O) groups excluding carboxylic acids is 1. The summed E-state index contributed by atoms with van der Waals surface area (Å²) in [7, 11) is 1.60. The third-order valence-corrected chi connectivity index (χ3v) is 3.48. The predicted octanol–water partition coefficient (Wildman–Crippen LogP) is 3.02. The van der Waals surface area contributed by atoms with E-state index in [9.17, 15) is 4.79 Å². The zero-order valence-corrected chi connectivity index (χ0v) is 11.8. The minimum Gasteiger partial charge on any atom is -0.464 e. The highest BCUT2D eigenvalue weighted by atomic mass is 32.1. The molecule has 0 saturated heterocycles. The molecule has 0 fully saturated rings. The van der Waals surface area contributed by atoms with E-state index < -0.39 is 0 Å². The van der Waals surface area contributed by atoms with Gasteiger partial charge in [0, 0.05) is 18.9 Å². The van der Waals surface area contributed by atoms with Crippen molar-refractivity contribution in [2.45, 2.75) is 19.4 Å². The molecule has 0 aliphatic carbocycles. The van der Waals surface area contributed by atoms with Crippen molar-refractivity contribution in [2.24, 2.45) is 0 Å². The summed E-state index contributed by atoms with van der Waals surface area (Å²) < 4.78 is 10.8. The number of furan rings is 1. The summed E-state index contributed by atoms with van der Waals surface area (Å²) in [6.07, 6.45) is 0.832. The van der Waals surface area contributed by atoms with Gasteiger partial charge in [-0.05, 0) is 23.6 Å². The van der Waals surface area contributed by atoms with E-state index >= 15 is 0 Å². The summed E-state index contributed by atoms with van der Waals surface area (Å²) in [4.78, 5) is 12.0. The maximum Gasteiger partial charge on any atom is 0.252 e. The fourth-order valence-electron chi connectivity index (χ4n) is 1.77. The molecule has 0 aromatic carbocycles. The standard InChI is InChI=1S/C14H17NO3S/c1-3-11-4-5-13(18-11)12(8-17-2)15-14(16)10-6-7-19-9-10/h4-7,9,12H,3,8H2,1-2H3,(H,15,16)/t12-/m1/s1. The number of amides is 1. The predicted molar refractivity (Wildman–Crippen MR) is 74.5 cm³/mol. The monoisotopic (exact) mass is 279 g/mol. The lowest BCUT2D eigenvalue weighted by Gasteiger charge is -2.15. The van der Waals surface area contributed by atoms with Gasteiger partial charge in [0.2, 0.25) is 0 Å². The number of carbonyl (C=O) groups is 1. The van der Waals surface area contributed by atoms with Crippen LogP contribution >= 0.6 is 11.3 Å². The Labute approximate surface area is 116 Å². The first-order valence-corrected chi connectivity index (χ1v) is 7.09. The van der Waals surface area contributed by atoms with Crippen LogP contribution in [0.1, 0.15) is 34.8 Å². The van der Waals surface area contributed by atoms with Gasteiger partial charge in [0.15, 0.2) is 0 Å². The average Bonchev–Trinajstić information content (AvgIpc) is 3.09. The van der Waals surface area contributed by atoms with Gasteiger partial charge in [-0.2, -0.15) is 11.3 Å². The highest BCUT2D eigenvalue weighted by Gasteiger charge is 2.19. The molecule has 0 bridgehead atoms. The molecule has 0 aliphatic heterocycles. The molecule has 1 amide bonds. The van der Waals surface area contributed by atoms with Crippen LogP contribution in [0.2, 0.25) is 0 Å². The first-order valence-electron chi connectivity index (χ1n) is 6.15. The summed E-state index contributed by atoms with van der Waals surface area (Å²) in [6.45, 7) is 2.41. The van der Waals surface area contributed by atoms with Crippen LogP contribution in [0.3, 0.4) is 0 Å². The maximum atomic E-state index is 12.0. The minimum atomic E-state index is -0.266. The molecule has 0 saturated carbocycles. The van der Waals surface area contributed by atoms with Gasteiger partial charge in [0.25, 0.3) is 5.91 Å². The molecule has 102 valence electrons. The Hall–Kier alpha value is -1.59. The molecule has 4 nitrogen and oxygen atoms in total. The summed E-state index contributed by atoms with van der Waals surface area (Å²) in [5, 5.41) is 6.62. The number of aryl methyl sites for hydroxylation is 1. The van der Waals surface area contributed by atoms with Crippen molar-refractivity contribution in [3.63, 3.8) is 0 Å². The lowest BCUT2D eigenvalue weighted by atomic mass is 10.2. The molecule has 2 aromatic rings. The second kappa shape index (κ2) is 6.54. The van der Waals surface area contributed by atoms with Crippen molar-refractivity contribution < 1.29 is 13.9 Å². The van der Waals surface area contributed by atoms with Crippen LogP contribution in [0.25, 0.3) is 0 Å². The molecule has 2 heterocycles. The quantitative estimate of drug-likeness (QED) is 0.884. The van der Waals surface area contributed by atoms with Crippen molar-refractivity contribution in [3.05, 3.63) is 46.0 Å². The Morgan fingerprint density at radius 1 is 1.47 bits per heavy atom. The smallest absolute Gasteiger partial charge is 0.252 e. The Bertz CT molecular complexity index is 519.